The summed E-state index contributed by atoms with van der Waals surface area (Å²) in [5, 5.41) is 9.18. The molecular weight excluding hydrogens is 609 g/mol. The first-order valence-corrected chi connectivity index (χ1v) is 22.2. The predicted molar refractivity (Wildman–Crippen MR) is 223 cm³/mol. The van der Waals surface area contributed by atoms with E-state index in [1.165, 1.54) is 193 Å². The summed E-state index contributed by atoms with van der Waals surface area (Å²) in [6.07, 6.45) is 50.4. The van der Waals surface area contributed by atoms with Crippen molar-refractivity contribution in [3.63, 3.8) is 0 Å². The van der Waals surface area contributed by atoms with Crippen LogP contribution in [0.25, 0.3) is 4.85 Å². The molecule has 4 heteroatoms. The number of unbranched alkanes of at least 4 members (excludes halogenated alkanes) is 25. The quantitative estimate of drug-likeness (QED) is 0.0363. The molecule has 0 aromatic heterocycles. The molecule has 0 unspecified atom stereocenters. The van der Waals surface area contributed by atoms with Gasteiger partial charge in [-0.2, -0.15) is 5.26 Å². The number of hydrogen-bond donors (Lipinski definition) is 0. The van der Waals surface area contributed by atoms with Gasteiger partial charge in [-0.1, -0.05) is 154 Å². The zero-order chi connectivity index (χ0) is 36.3. The third-order valence-electron chi connectivity index (χ3n) is 10.2. The van der Waals surface area contributed by atoms with E-state index in [-0.39, 0.29) is 0 Å². The van der Waals surface area contributed by atoms with Gasteiger partial charge in [-0.15, -0.1) is 0 Å². The van der Waals surface area contributed by atoms with Gasteiger partial charge in [0, 0.05) is 13.0 Å². The molecule has 0 spiro atoms. The number of rotatable bonds is 41. The van der Waals surface area contributed by atoms with Gasteiger partial charge >= 0.3 is 0 Å². The van der Waals surface area contributed by atoms with Crippen LogP contribution < -0.4 is 0 Å². The van der Waals surface area contributed by atoms with E-state index in [4.69, 9.17) is 6.57 Å². The summed E-state index contributed by atoms with van der Waals surface area (Å²) in [4.78, 5) is 8.72. The van der Waals surface area contributed by atoms with Gasteiger partial charge in [0.1, 0.15) is 0 Å². The van der Waals surface area contributed by atoms with Crippen LogP contribution in [0.3, 0.4) is 0 Å². The van der Waals surface area contributed by atoms with Crippen LogP contribution in [0.1, 0.15) is 213 Å². The third kappa shape index (κ3) is 39.2. The highest BCUT2D eigenvalue weighted by Crippen LogP contribution is 2.13. The lowest BCUT2D eigenvalue weighted by Crippen LogP contribution is -2.30. The van der Waals surface area contributed by atoms with E-state index < -0.39 is 0 Å². The van der Waals surface area contributed by atoms with Crippen molar-refractivity contribution < 1.29 is 0 Å². The second kappa shape index (κ2) is 43.5. The van der Waals surface area contributed by atoms with Crippen LogP contribution in [-0.2, 0) is 0 Å². The highest BCUT2D eigenvalue weighted by atomic mass is 15.1. The Bertz CT molecular complexity index is 725. The van der Waals surface area contributed by atoms with E-state index in [9.17, 15) is 5.26 Å². The summed E-state index contributed by atoms with van der Waals surface area (Å²) < 4.78 is 0. The monoisotopic (exact) mass is 695 g/mol. The Balaban J connectivity index is 3.89. The fraction of sp³-hybridized carbons (Fsp3) is 0.870. The summed E-state index contributed by atoms with van der Waals surface area (Å²) in [6.45, 7) is 18.8. The van der Waals surface area contributed by atoms with Crippen molar-refractivity contribution in [1.82, 2.24) is 9.80 Å². The Morgan fingerprint density at radius 1 is 0.420 bits per heavy atom. The smallest absolute Gasteiger partial charge is 0.227 e. The second-order valence-corrected chi connectivity index (χ2v) is 15.1. The van der Waals surface area contributed by atoms with Gasteiger partial charge in [-0.25, -0.2) is 6.57 Å². The molecule has 290 valence electrons. The topological polar surface area (TPSA) is 34.6 Å². The summed E-state index contributed by atoms with van der Waals surface area (Å²) in [7, 11) is 0. The maximum atomic E-state index is 9.18. The summed E-state index contributed by atoms with van der Waals surface area (Å²) in [6, 6.07) is 2.36. The molecule has 0 fully saturated rings. The maximum absolute atomic E-state index is 9.18. The van der Waals surface area contributed by atoms with Crippen molar-refractivity contribution in [2.45, 2.75) is 213 Å². The Kier molecular flexibility index (Phi) is 42.1. The summed E-state index contributed by atoms with van der Waals surface area (Å²) in [5.74, 6) is 0. The Labute approximate surface area is 314 Å². The van der Waals surface area contributed by atoms with Gasteiger partial charge < -0.3 is 9.74 Å². The molecule has 0 saturated heterocycles. The normalized spacial score (nSPS) is 11.8. The molecule has 0 N–H and O–H groups in total. The molecular formula is C46H86N4. The average Bonchev–Trinajstić information content (AvgIpc) is 3.13. The van der Waals surface area contributed by atoms with E-state index in [1.54, 1.807) is 0 Å². The molecule has 0 bridgehead atoms. The zero-order valence-electron chi connectivity index (χ0n) is 34.0. The standard InChI is InChI=1S/C46H86N4/c1-4-6-8-10-12-14-16-18-20-22-24-26-28-30-32-34-41-49(45-38-39-47)43-36-37-44-50(46-40-48-3)42-35-33-31-29-27-25-23-21-19-17-15-13-11-9-7-5-2/h18-21H,4-17,22-38,40-46H2,1-2H3. The number of nitriles is 1. The minimum atomic E-state index is 0.622. The Hall–Kier alpha value is -1.62. The molecule has 0 amide bonds. The number of allylic oxidation sites excluding steroid dienone is 4. The van der Waals surface area contributed by atoms with E-state index in [0.717, 1.165) is 39.3 Å². The highest BCUT2D eigenvalue weighted by molar-refractivity contribution is 4.82. The lowest BCUT2D eigenvalue weighted by atomic mass is 10.1. The molecule has 0 aliphatic carbocycles. The highest BCUT2D eigenvalue weighted by Gasteiger charge is 2.08. The number of nitrogens with zero attached hydrogens (tertiary/aromatic N) is 4. The largest absolute Gasteiger partial charge is 0.316 e. The first-order chi connectivity index (χ1) is 24.8. The Morgan fingerprint density at radius 3 is 1.06 bits per heavy atom. The van der Waals surface area contributed by atoms with E-state index in [2.05, 4.69) is 58.9 Å². The van der Waals surface area contributed by atoms with E-state index in [0.29, 0.717) is 13.0 Å². The van der Waals surface area contributed by atoms with Crippen molar-refractivity contribution in [2.24, 2.45) is 0 Å². The molecule has 0 atom stereocenters. The fourth-order valence-electron chi connectivity index (χ4n) is 6.91. The first kappa shape index (κ1) is 48.4. The van der Waals surface area contributed by atoms with Gasteiger partial charge in [0.2, 0.25) is 6.54 Å². The van der Waals surface area contributed by atoms with Crippen molar-refractivity contribution in [3.8, 4) is 6.07 Å². The zero-order valence-corrected chi connectivity index (χ0v) is 34.0. The molecule has 50 heavy (non-hydrogen) atoms. The van der Waals surface area contributed by atoms with Crippen molar-refractivity contribution in [3.05, 3.63) is 35.7 Å². The van der Waals surface area contributed by atoms with Crippen LogP contribution in [0.5, 0.6) is 0 Å². The second-order valence-electron chi connectivity index (χ2n) is 15.1. The van der Waals surface area contributed by atoms with Gasteiger partial charge in [0.25, 0.3) is 0 Å². The van der Waals surface area contributed by atoms with Gasteiger partial charge in [-0.05, 0) is 103 Å². The average molecular weight is 695 g/mol. The molecule has 0 aliphatic rings. The fourth-order valence-corrected chi connectivity index (χ4v) is 6.91. The Morgan fingerprint density at radius 2 is 0.720 bits per heavy atom. The maximum Gasteiger partial charge on any atom is 0.227 e. The summed E-state index contributed by atoms with van der Waals surface area (Å²) >= 11 is 0. The first-order valence-electron chi connectivity index (χ1n) is 22.2. The summed E-state index contributed by atoms with van der Waals surface area (Å²) in [5.41, 5.74) is 0. The molecule has 0 radical (unpaired) electrons. The van der Waals surface area contributed by atoms with Crippen LogP contribution in [0.4, 0.5) is 0 Å². The minimum absolute atomic E-state index is 0.622. The van der Waals surface area contributed by atoms with Gasteiger partial charge in [0.05, 0.1) is 12.6 Å². The third-order valence-corrected chi connectivity index (χ3v) is 10.2. The molecule has 0 saturated carbocycles. The van der Waals surface area contributed by atoms with E-state index in [1.807, 2.05) is 0 Å². The van der Waals surface area contributed by atoms with Crippen molar-refractivity contribution >= 4 is 0 Å². The van der Waals surface area contributed by atoms with Crippen LogP contribution in [0, 0.1) is 17.9 Å². The molecule has 0 heterocycles. The lowest BCUT2D eigenvalue weighted by Gasteiger charge is -2.23. The van der Waals surface area contributed by atoms with Crippen molar-refractivity contribution in [1.29, 1.82) is 5.26 Å². The SMILES string of the molecule is [C-]#[N+]CCN(CCCCCCCCC=CCCCCCCCC)CCCCN(CCC#N)CCCCCCCCC=CCCCCCCCC. The van der Waals surface area contributed by atoms with Crippen molar-refractivity contribution in [2.75, 3.05) is 45.8 Å². The molecule has 4 nitrogen and oxygen atoms in total. The molecule has 0 aromatic rings. The molecule has 0 aliphatic heterocycles. The van der Waals surface area contributed by atoms with Crippen LogP contribution in [-0.4, -0.2) is 55.6 Å². The van der Waals surface area contributed by atoms with E-state index >= 15 is 0 Å². The minimum Gasteiger partial charge on any atom is -0.316 e. The lowest BCUT2D eigenvalue weighted by molar-refractivity contribution is 0.242. The van der Waals surface area contributed by atoms with Gasteiger partial charge in [-0.3, -0.25) is 4.90 Å². The van der Waals surface area contributed by atoms with Gasteiger partial charge in [0.15, 0.2) is 0 Å². The molecule has 0 aromatic carbocycles. The van der Waals surface area contributed by atoms with Crippen LogP contribution in [0.15, 0.2) is 24.3 Å². The van der Waals surface area contributed by atoms with Crippen LogP contribution in [0.2, 0.25) is 0 Å². The van der Waals surface area contributed by atoms with Crippen LogP contribution >= 0.6 is 0 Å². The predicted octanol–water partition coefficient (Wildman–Crippen LogP) is 14.3. The molecule has 0 rings (SSSR count). The number of hydrogen-bond acceptors (Lipinski definition) is 3.